The molecule has 0 saturated carbocycles. The van der Waals surface area contributed by atoms with Gasteiger partial charge >= 0.3 is 0 Å². The summed E-state index contributed by atoms with van der Waals surface area (Å²) in [6.45, 7) is 21.6. The number of ether oxygens (including phenoxy) is 5. The van der Waals surface area contributed by atoms with E-state index in [9.17, 15) is 4.79 Å². The highest BCUT2D eigenvalue weighted by atomic mass is 16.5. The van der Waals surface area contributed by atoms with Gasteiger partial charge in [0.15, 0.2) is 17.3 Å². The van der Waals surface area contributed by atoms with Gasteiger partial charge in [0.2, 0.25) is 0 Å². The van der Waals surface area contributed by atoms with Gasteiger partial charge in [-0.05, 0) is 92.1 Å². The lowest BCUT2D eigenvalue weighted by Crippen LogP contribution is -2.23. The second-order valence-corrected chi connectivity index (χ2v) is 14.6. The van der Waals surface area contributed by atoms with Crippen LogP contribution in [0.1, 0.15) is 166 Å². The molecule has 2 aromatic rings. The molecule has 1 aliphatic rings. The molecule has 0 bridgehead atoms. The third kappa shape index (κ3) is 13.1. The summed E-state index contributed by atoms with van der Waals surface area (Å²) < 4.78 is 32.7. The van der Waals surface area contributed by atoms with Gasteiger partial charge in [-0.2, -0.15) is 0 Å². The molecule has 0 spiro atoms. The van der Waals surface area contributed by atoms with E-state index in [-0.39, 0.29) is 12.2 Å². The molecule has 1 aliphatic heterocycles. The molecule has 0 aliphatic carbocycles. The van der Waals surface area contributed by atoms with Crippen molar-refractivity contribution in [3.05, 3.63) is 75.4 Å². The van der Waals surface area contributed by atoms with Crippen molar-refractivity contribution < 1.29 is 28.5 Å². The van der Waals surface area contributed by atoms with Gasteiger partial charge in [-0.15, -0.1) is 0 Å². The monoisotopic (exact) mass is 717 g/mol. The summed E-state index contributed by atoms with van der Waals surface area (Å²) >= 11 is 0. The SMILES string of the molecule is CCCCOc1cc2c(c(OCCCC)c1CC=C(C)C)C(=O)C[C@@H](c1ccc(OCCCC)c(OCCCC)c1C/C=C(\C)CCC=C(C)C)O2. The molecule has 52 heavy (non-hydrogen) atoms. The first kappa shape index (κ1) is 42.7. The maximum Gasteiger partial charge on any atom is 0.174 e. The maximum absolute atomic E-state index is 14.4. The van der Waals surface area contributed by atoms with Gasteiger partial charge < -0.3 is 23.7 Å². The summed E-state index contributed by atoms with van der Waals surface area (Å²) in [6, 6.07) is 6.02. The average molecular weight is 717 g/mol. The van der Waals surface area contributed by atoms with Crippen LogP contribution in [-0.4, -0.2) is 32.2 Å². The zero-order chi connectivity index (χ0) is 37.9. The molecule has 1 atom stereocenters. The normalized spacial score (nSPS) is 14.0. The fourth-order valence-electron chi connectivity index (χ4n) is 6.10. The number of hydrogen-bond donors (Lipinski definition) is 0. The van der Waals surface area contributed by atoms with Gasteiger partial charge in [-0.1, -0.05) is 94.4 Å². The Morgan fingerprint density at radius 2 is 1.25 bits per heavy atom. The van der Waals surface area contributed by atoms with Crippen LogP contribution in [0.5, 0.6) is 28.7 Å². The molecule has 6 heteroatoms. The van der Waals surface area contributed by atoms with E-state index in [0.717, 1.165) is 98.1 Å². The van der Waals surface area contributed by atoms with Crippen LogP contribution in [0, 0.1) is 0 Å². The topological polar surface area (TPSA) is 63.2 Å². The van der Waals surface area contributed by atoms with Crippen LogP contribution in [0.25, 0.3) is 0 Å². The number of rotatable bonds is 24. The molecular weight excluding hydrogens is 649 g/mol. The van der Waals surface area contributed by atoms with Gasteiger partial charge in [0, 0.05) is 22.8 Å². The second-order valence-electron chi connectivity index (χ2n) is 14.6. The lowest BCUT2D eigenvalue weighted by Gasteiger charge is -2.31. The Balaban J connectivity index is 2.18. The second kappa shape index (κ2) is 23.1. The molecule has 0 unspecified atom stereocenters. The first-order valence-electron chi connectivity index (χ1n) is 20.1. The fourth-order valence-corrected chi connectivity index (χ4v) is 6.10. The van der Waals surface area contributed by atoms with Crippen molar-refractivity contribution in [2.75, 3.05) is 26.4 Å². The Morgan fingerprint density at radius 1 is 0.692 bits per heavy atom. The molecule has 0 radical (unpaired) electrons. The number of hydrogen-bond acceptors (Lipinski definition) is 6. The Morgan fingerprint density at radius 3 is 1.85 bits per heavy atom. The summed E-state index contributed by atoms with van der Waals surface area (Å²) in [6.07, 6.45) is 17.6. The minimum Gasteiger partial charge on any atom is -0.493 e. The van der Waals surface area contributed by atoms with Crippen LogP contribution in [0.4, 0.5) is 0 Å². The zero-order valence-corrected chi connectivity index (χ0v) is 34.0. The molecule has 0 saturated heterocycles. The zero-order valence-electron chi connectivity index (χ0n) is 34.0. The molecule has 0 fully saturated rings. The Kier molecular flexibility index (Phi) is 19.0. The molecule has 0 amide bonds. The Bertz CT molecular complexity index is 1510. The van der Waals surface area contributed by atoms with Crippen LogP contribution in [0.15, 0.2) is 53.1 Å². The molecule has 1 heterocycles. The van der Waals surface area contributed by atoms with Crippen molar-refractivity contribution in [2.24, 2.45) is 0 Å². The predicted molar refractivity (Wildman–Crippen MR) is 216 cm³/mol. The van der Waals surface area contributed by atoms with Gasteiger partial charge in [0.05, 0.1) is 32.8 Å². The van der Waals surface area contributed by atoms with Gasteiger partial charge in [-0.3, -0.25) is 4.79 Å². The average Bonchev–Trinajstić information content (AvgIpc) is 3.10. The minimum atomic E-state index is -0.497. The molecule has 288 valence electrons. The van der Waals surface area contributed by atoms with E-state index in [0.29, 0.717) is 56.3 Å². The lowest BCUT2D eigenvalue weighted by atomic mass is 9.89. The number of carbonyl (C=O) groups excluding carboxylic acids is 1. The summed E-state index contributed by atoms with van der Waals surface area (Å²) in [5, 5.41) is 0. The highest BCUT2D eigenvalue weighted by Gasteiger charge is 2.35. The molecule has 3 rings (SSSR count). The first-order chi connectivity index (χ1) is 25.1. The summed E-state index contributed by atoms with van der Waals surface area (Å²) in [7, 11) is 0. The van der Waals surface area contributed by atoms with Crippen molar-refractivity contribution in [3.8, 4) is 28.7 Å². The Labute approximate surface area is 316 Å². The fraction of sp³-hybridized carbons (Fsp3) is 0.587. The van der Waals surface area contributed by atoms with Crippen LogP contribution in [-0.2, 0) is 12.8 Å². The van der Waals surface area contributed by atoms with Crippen molar-refractivity contribution >= 4 is 5.78 Å². The largest absolute Gasteiger partial charge is 0.493 e. The predicted octanol–water partition coefficient (Wildman–Crippen LogP) is 12.9. The first-order valence-corrected chi connectivity index (χ1v) is 20.1. The van der Waals surface area contributed by atoms with E-state index in [1.807, 2.05) is 12.1 Å². The number of fused-ring (bicyclic) bond motifs is 1. The van der Waals surface area contributed by atoms with Crippen molar-refractivity contribution in [1.82, 2.24) is 0 Å². The van der Waals surface area contributed by atoms with Crippen molar-refractivity contribution in [1.29, 1.82) is 0 Å². The highest BCUT2D eigenvalue weighted by Crippen LogP contribution is 2.48. The quantitative estimate of drug-likeness (QED) is 0.0796. The standard InChI is InChI=1S/C46H68O6/c1-10-14-27-48-40-26-25-36(37(45(40)50-29-16-12-3)24-22-35(9)20-18-19-33(5)6)42-31-39(47)44-43(52-42)32-41(49-28-15-11-2)38(23-21-34(7)8)46(44)51-30-17-13-4/h19,21-22,25-26,32,42H,10-18,20,23-24,27-31H2,1-9H3/b35-22+/t42-/m0/s1. The molecular formula is C46H68O6. The van der Waals surface area contributed by atoms with Gasteiger partial charge in [0.1, 0.15) is 28.9 Å². The number of benzene rings is 2. The lowest BCUT2D eigenvalue weighted by molar-refractivity contribution is 0.0839. The van der Waals surface area contributed by atoms with Crippen molar-refractivity contribution in [3.63, 3.8) is 0 Å². The molecule has 0 aromatic heterocycles. The highest BCUT2D eigenvalue weighted by molar-refractivity contribution is 6.03. The summed E-state index contributed by atoms with van der Waals surface area (Å²) in [5.74, 6) is 3.40. The van der Waals surface area contributed by atoms with Crippen LogP contribution < -0.4 is 23.7 Å². The van der Waals surface area contributed by atoms with E-state index >= 15 is 0 Å². The van der Waals surface area contributed by atoms with Gasteiger partial charge in [-0.25, -0.2) is 0 Å². The number of carbonyl (C=O) groups is 1. The molecule has 2 aromatic carbocycles. The Hall–Kier alpha value is -3.67. The number of Topliss-reactive ketones (excluding diaryl/α,β-unsaturated/α-hetero) is 1. The summed E-state index contributed by atoms with van der Waals surface area (Å²) in [4.78, 5) is 14.4. The minimum absolute atomic E-state index is 0.0208. The number of ketones is 1. The van der Waals surface area contributed by atoms with Crippen LogP contribution >= 0.6 is 0 Å². The molecule has 0 N–H and O–H groups in total. The van der Waals surface area contributed by atoms with Crippen LogP contribution in [0.3, 0.4) is 0 Å². The third-order valence-corrected chi connectivity index (χ3v) is 9.29. The van der Waals surface area contributed by atoms with E-state index < -0.39 is 6.10 Å². The summed E-state index contributed by atoms with van der Waals surface area (Å²) in [5.41, 5.74) is 7.27. The third-order valence-electron chi connectivity index (χ3n) is 9.29. The van der Waals surface area contributed by atoms with E-state index in [1.54, 1.807) is 0 Å². The molecule has 6 nitrogen and oxygen atoms in total. The van der Waals surface area contributed by atoms with E-state index in [2.05, 4.69) is 86.6 Å². The number of allylic oxidation sites excluding steroid dienone is 6. The van der Waals surface area contributed by atoms with Crippen LogP contribution in [0.2, 0.25) is 0 Å². The maximum atomic E-state index is 14.4. The smallest absolute Gasteiger partial charge is 0.174 e. The van der Waals surface area contributed by atoms with Crippen molar-refractivity contribution in [2.45, 2.75) is 152 Å². The van der Waals surface area contributed by atoms with E-state index in [1.165, 1.54) is 16.7 Å². The number of unbranched alkanes of at least 4 members (excludes halogenated alkanes) is 4. The van der Waals surface area contributed by atoms with Gasteiger partial charge in [0.25, 0.3) is 0 Å². The van der Waals surface area contributed by atoms with E-state index in [4.69, 9.17) is 23.7 Å².